The Morgan fingerprint density at radius 1 is 1.11 bits per heavy atom. The molecule has 1 aliphatic heterocycles. The molecule has 4 N–H and O–H groups in total. The molecule has 0 bridgehead atoms. The van der Waals surface area contributed by atoms with Crippen molar-refractivity contribution in [3.8, 4) is 0 Å². The lowest BCUT2D eigenvalue weighted by Crippen LogP contribution is -2.16. The maximum atomic E-state index is 12.4. The van der Waals surface area contributed by atoms with Crippen LogP contribution in [-0.2, 0) is 14.8 Å². The molecule has 27 heavy (non-hydrogen) atoms. The van der Waals surface area contributed by atoms with E-state index in [-0.39, 0.29) is 10.8 Å². The minimum absolute atomic E-state index is 0.0130. The van der Waals surface area contributed by atoms with Crippen LogP contribution in [0.5, 0.6) is 0 Å². The van der Waals surface area contributed by atoms with Gasteiger partial charge >= 0.3 is 0 Å². The third-order valence-corrected chi connectivity index (χ3v) is 5.56. The highest BCUT2D eigenvalue weighted by molar-refractivity contribution is 7.89. The third-order valence-electron chi connectivity index (χ3n) is 4.63. The summed E-state index contributed by atoms with van der Waals surface area (Å²) >= 11 is 0. The summed E-state index contributed by atoms with van der Waals surface area (Å²) in [7, 11) is -3.75. The zero-order valence-corrected chi connectivity index (χ0v) is 15.2. The molecule has 0 saturated heterocycles. The molecule has 2 aromatic rings. The summed E-state index contributed by atoms with van der Waals surface area (Å²) in [4.78, 5) is 12.4. The molecule has 0 aromatic heterocycles. The molecule has 1 amide bonds. The summed E-state index contributed by atoms with van der Waals surface area (Å²) < 4.78 is 22.6. The molecule has 0 unspecified atom stereocenters. The van der Waals surface area contributed by atoms with Crippen molar-refractivity contribution in [3.05, 3.63) is 59.2 Å². The molecule has 2 aromatic carbocycles. The van der Waals surface area contributed by atoms with Crippen LogP contribution in [0.3, 0.4) is 0 Å². The van der Waals surface area contributed by atoms with Crippen LogP contribution in [0.25, 0.3) is 6.08 Å². The summed E-state index contributed by atoms with van der Waals surface area (Å²) in [6.45, 7) is 0. The smallest absolute Gasteiger partial charge is 0.276 e. The van der Waals surface area contributed by atoms with Gasteiger partial charge in [-0.05, 0) is 55.2 Å². The van der Waals surface area contributed by atoms with Gasteiger partial charge in [-0.3, -0.25) is 10.2 Å². The molecule has 1 saturated carbocycles. The topological polar surface area (TPSA) is 114 Å². The first-order valence-corrected chi connectivity index (χ1v) is 10.1. The van der Waals surface area contributed by atoms with Crippen molar-refractivity contribution in [2.75, 3.05) is 10.7 Å². The van der Waals surface area contributed by atoms with Crippen molar-refractivity contribution in [1.29, 1.82) is 0 Å². The van der Waals surface area contributed by atoms with Crippen molar-refractivity contribution in [2.45, 2.75) is 24.2 Å². The third kappa shape index (κ3) is 3.49. The predicted molar refractivity (Wildman–Crippen MR) is 105 cm³/mol. The van der Waals surface area contributed by atoms with Gasteiger partial charge in [-0.15, -0.1) is 0 Å². The van der Waals surface area contributed by atoms with Gasteiger partial charge in [0, 0.05) is 5.56 Å². The van der Waals surface area contributed by atoms with E-state index in [2.05, 4.69) is 21.9 Å². The molecule has 7 nitrogen and oxygen atoms in total. The second-order valence-corrected chi connectivity index (χ2v) is 8.08. The van der Waals surface area contributed by atoms with E-state index in [4.69, 9.17) is 5.14 Å². The zero-order valence-electron chi connectivity index (χ0n) is 14.4. The molecule has 138 valence electrons. The van der Waals surface area contributed by atoms with Crippen LogP contribution in [0, 0.1) is 0 Å². The van der Waals surface area contributed by atoms with Crippen molar-refractivity contribution in [3.63, 3.8) is 0 Å². The Labute approximate surface area is 157 Å². The molecule has 8 heteroatoms. The first kappa shape index (κ1) is 17.4. The van der Waals surface area contributed by atoms with Gasteiger partial charge in [-0.1, -0.05) is 23.8 Å². The fourth-order valence-electron chi connectivity index (χ4n) is 3.05. The molecule has 4 rings (SSSR count). The number of carbonyl (C=O) groups is 1. The quantitative estimate of drug-likeness (QED) is 0.705. The first-order valence-electron chi connectivity index (χ1n) is 8.52. The Hall–Kier alpha value is -2.97. The summed E-state index contributed by atoms with van der Waals surface area (Å²) in [6.07, 6.45) is 5.51. The van der Waals surface area contributed by atoms with Gasteiger partial charge in [0.25, 0.3) is 5.91 Å². The number of benzene rings is 2. The van der Waals surface area contributed by atoms with Gasteiger partial charge < -0.3 is 5.32 Å². The Balaban J connectivity index is 1.64. The number of nitrogens with two attached hydrogens (primary N) is 1. The predicted octanol–water partition coefficient (Wildman–Crippen LogP) is 2.67. The van der Waals surface area contributed by atoms with Crippen molar-refractivity contribution in [1.82, 2.24) is 0 Å². The van der Waals surface area contributed by atoms with Gasteiger partial charge in [0.05, 0.1) is 16.3 Å². The fraction of sp³-hybridized carbons (Fsp3) is 0.158. The molecule has 0 atom stereocenters. The Morgan fingerprint density at radius 3 is 2.48 bits per heavy atom. The molecule has 1 heterocycles. The minimum atomic E-state index is -3.75. The van der Waals surface area contributed by atoms with Crippen LogP contribution in [0.4, 0.5) is 11.4 Å². The van der Waals surface area contributed by atoms with E-state index in [1.807, 2.05) is 18.2 Å². The van der Waals surface area contributed by atoms with Crippen LogP contribution in [0.2, 0.25) is 0 Å². The Bertz CT molecular complexity index is 1080. The number of sulfonamides is 1. The average Bonchev–Trinajstić information content (AvgIpc) is 2.92. The largest absolute Gasteiger partial charge is 0.320 e. The van der Waals surface area contributed by atoms with Gasteiger partial charge in [-0.25, -0.2) is 13.6 Å². The van der Waals surface area contributed by atoms with Gasteiger partial charge in [0.2, 0.25) is 10.0 Å². The normalized spacial score (nSPS) is 17.3. The van der Waals surface area contributed by atoms with E-state index in [0.717, 1.165) is 29.7 Å². The lowest BCUT2D eigenvalue weighted by atomic mass is 9.89. The van der Waals surface area contributed by atoms with Crippen LogP contribution in [0.15, 0.2) is 58.0 Å². The lowest BCUT2D eigenvalue weighted by molar-refractivity contribution is -0.110. The minimum Gasteiger partial charge on any atom is -0.320 e. The molecule has 2 aliphatic rings. The number of hydrazone groups is 1. The van der Waals surface area contributed by atoms with Crippen molar-refractivity contribution < 1.29 is 13.2 Å². The first-order chi connectivity index (χ1) is 12.9. The highest BCUT2D eigenvalue weighted by Crippen LogP contribution is 2.33. The summed E-state index contributed by atoms with van der Waals surface area (Å²) in [5.41, 5.74) is 7.50. The number of anilines is 2. The molecule has 0 radical (unpaired) electrons. The van der Waals surface area contributed by atoms with E-state index in [1.54, 1.807) is 12.1 Å². The monoisotopic (exact) mass is 382 g/mol. The van der Waals surface area contributed by atoms with E-state index in [1.165, 1.54) is 24.1 Å². The van der Waals surface area contributed by atoms with E-state index >= 15 is 0 Å². The van der Waals surface area contributed by atoms with E-state index in [9.17, 15) is 13.2 Å². The number of nitrogens with zero attached hydrogens (tertiary/aromatic N) is 1. The molecular weight excluding hydrogens is 364 g/mol. The van der Waals surface area contributed by atoms with Crippen molar-refractivity contribution >= 4 is 39.1 Å². The Kier molecular flexibility index (Phi) is 4.29. The number of allylic oxidation sites excluding steroid dienone is 1. The molecule has 0 spiro atoms. The number of carbonyl (C=O) groups excluding carboxylic acids is 1. The van der Waals surface area contributed by atoms with Crippen molar-refractivity contribution in [2.24, 2.45) is 10.2 Å². The second kappa shape index (κ2) is 6.64. The summed E-state index contributed by atoms with van der Waals surface area (Å²) in [5, 5.41) is 12.2. The highest BCUT2D eigenvalue weighted by atomic mass is 32.2. The number of hydrogen-bond donors (Lipinski definition) is 3. The number of nitrogens with one attached hydrogen (secondary N) is 2. The number of hydrogen-bond acceptors (Lipinski definition) is 5. The van der Waals surface area contributed by atoms with Crippen LogP contribution < -0.4 is 15.9 Å². The number of fused-ring (bicyclic) bond motifs is 1. The van der Waals surface area contributed by atoms with Gasteiger partial charge in [0.1, 0.15) is 0 Å². The zero-order chi connectivity index (χ0) is 19.0. The lowest BCUT2D eigenvalue weighted by Gasteiger charge is -2.16. The number of primary sulfonamides is 1. The standard InChI is InChI=1S/C19H18N4O3S/c20-27(25,26)15-9-7-14(8-10-15)22-23-18-17-13(11-12-3-1-4-12)5-2-6-16(17)21-19(18)24/h2,5-11,22H,1,3-4H2,(H2,20,25,26)(H,21,23,24). The SMILES string of the molecule is NS(=O)(=O)c1ccc(NN=C2C(=O)Nc3cccc(C=C4CCC4)c32)cc1. The highest BCUT2D eigenvalue weighted by Gasteiger charge is 2.28. The van der Waals surface area contributed by atoms with Crippen LogP contribution >= 0.6 is 0 Å². The van der Waals surface area contributed by atoms with Crippen LogP contribution in [0.1, 0.15) is 30.4 Å². The second-order valence-electron chi connectivity index (χ2n) is 6.52. The van der Waals surface area contributed by atoms with Crippen LogP contribution in [-0.4, -0.2) is 20.0 Å². The Morgan fingerprint density at radius 2 is 1.85 bits per heavy atom. The fourth-order valence-corrected chi connectivity index (χ4v) is 3.56. The molecule has 1 aliphatic carbocycles. The maximum absolute atomic E-state index is 12.4. The number of amides is 1. The van der Waals surface area contributed by atoms with Gasteiger partial charge in [0.15, 0.2) is 5.71 Å². The maximum Gasteiger partial charge on any atom is 0.276 e. The summed E-state index contributed by atoms with van der Waals surface area (Å²) in [6, 6.07) is 11.6. The van der Waals surface area contributed by atoms with E-state index in [0.29, 0.717) is 11.4 Å². The molecule has 1 fully saturated rings. The molecular formula is C19H18N4O3S. The summed E-state index contributed by atoms with van der Waals surface area (Å²) in [5.74, 6) is -0.280. The number of rotatable bonds is 4. The average molecular weight is 382 g/mol. The van der Waals surface area contributed by atoms with Gasteiger partial charge in [-0.2, -0.15) is 5.10 Å². The van der Waals surface area contributed by atoms with E-state index < -0.39 is 10.0 Å².